The topological polar surface area (TPSA) is 80.3 Å². The predicted molar refractivity (Wildman–Crippen MR) is 118 cm³/mol. The summed E-state index contributed by atoms with van der Waals surface area (Å²) >= 11 is 1.58. The number of carbonyl (C=O) groups excluding carboxylic acids is 2. The standard InChI is InChI=1S/C23H17N3O3S/c1-13-22(27)26-18-11-14(8-9-20(18)29-13)24-23(28)16-12-19(21-7-4-10-30-21)25-17-6-3-2-5-15(16)17/h2-13H,1H3,(H,24,28)(H,26,27). The zero-order valence-corrected chi connectivity index (χ0v) is 16.8. The van der Waals surface area contributed by atoms with Crippen molar-refractivity contribution in [3.8, 4) is 16.3 Å². The summed E-state index contributed by atoms with van der Waals surface area (Å²) in [6.45, 7) is 1.69. The van der Waals surface area contributed by atoms with Crippen molar-refractivity contribution in [1.82, 2.24) is 4.98 Å². The van der Waals surface area contributed by atoms with Crippen LogP contribution in [0.4, 0.5) is 11.4 Å². The van der Waals surface area contributed by atoms with Crippen molar-refractivity contribution in [3.63, 3.8) is 0 Å². The van der Waals surface area contributed by atoms with Crippen LogP contribution in [-0.2, 0) is 4.79 Å². The van der Waals surface area contributed by atoms with Gasteiger partial charge in [0, 0.05) is 11.1 Å². The first-order chi connectivity index (χ1) is 14.6. The average Bonchev–Trinajstić information content (AvgIpc) is 3.29. The molecule has 0 saturated carbocycles. The second-order valence-corrected chi connectivity index (χ2v) is 7.91. The molecule has 0 saturated heterocycles. The number of nitrogens with one attached hydrogen (secondary N) is 2. The van der Waals surface area contributed by atoms with E-state index in [2.05, 4.69) is 10.6 Å². The van der Waals surface area contributed by atoms with Crippen LogP contribution in [-0.4, -0.2) is 22.9 Å². The Morgan fingerprint density at radius 3 is 2.83 bits per heavy atom. The van der Waals surface area contributed by atoms with E-state index >= 15 is 0 Å². The minimum absolute atomic E-state index is 0.216. The Labute approximate surface area is 176 Å². The van der Waals surface area contributed by atoms with Crippen molar-refractivity contribution in [2.24, 2.45) is 0 Å². The number of pyridine rings is 1. The van der Waals surface area contributed by atoms with E-state index in [1.807, 2.05) is 47.8 Å². The number of hydrogen-bond acceptors (Lipinski definition) is 5. The van der Waals surface area contributed by atoms with E-state index in [9.17, 15) is 9.59 Å². The van der Waals surface area contributed by atoms with Gasteiger partial charge in [0.05, 0.1) is 27.3 Å². The number of amides is 2. The van der Waals surface area contributed by atoms with Crippen molar-refractivity contribution >= 4 is 45.4 Å². The quantitative estimate of drug-likeness (QED) is 0.497. The molecule has 3 heterocycles. The summed E-state index contributed by atoms with van der Waals surface area (Å²) in [4.78, 5) is 30.8. The van der Waals surface area contributed by atoms with Gasteiger partial charge in [0.2, 0.25) is 0 Å². The molecule has 0 aliphatic carbocycles. The molecular weight excluding hydrogens is 398 g/mol. The molecule has 2 N–H and O–H groups in total. The Bertz CT molecular complexity index is 1280. The van der Waals surface area contributed by atoms with E-state index in [0.29, 0.717) is 22.7 Å². The zero-order valence-electron chi connectivity index (χ0n) is 16.0. The Hall–Kier alpha value is -3.71. The van der Waals surface area contributed by atoms with Crippen molar-refractivity contribution in [2.75, 3.05) is 10.6 Å². The summed E-state index contributed by atoms with van der Waals surface area (Å²) in [6.07, 6.45) is -0.545. The second kappa shape index (κ2) is 7.27. The van der Waals surface area contributed by atoms with Crippen molar-refractivity contribution < 1.29 is 14.3 Å². The Balaban J connectivity index is 1.51. The minimum Gasteiger partial charge on any atom is -0.479 e. The first-order valence-electron chi connectivity index (χ1n) is 9.45. The van der Waals surface area contributed by atoms with Gasteiger partial charge >= 0.3 is 0 Å². The maximum Gasteiger partial charge on any atom is 0.265 e. The number of nitrogens with zero attached hydrogens (tertiary/aromatic N) is 1. The highest BCUT2D eigenvalue weighted by Gasteiger charge is 2.24. The highest BCUT2D eigenvalue weighted by molar-refractivity contribution is 7.13. The zero-order chi connectivity index (χ0) is 20.7. The van der Waals surface area contributed by atoms with Gasteiger partial charge in [0.1, 0.15) is 5.75 Å². The highest BCUT2D eigenvalue weighted by Crippen LogP contribution is 2.33. The molecule has 6 nitrogen and oxygen atoms in total. The van der Waals surface area contributed by atoms with Crippen LogP contribution in [0, 0.1) is 0 Å². The molecule has 1 unspecified atom stereocenters. The molecular formula is C23H17N3O3S. The number of benzene rings is 2. The molecule has 1 atom stereocenters. The lowest BCUT2D eigenvalue weighted by Gasteiger charge is -2.23. The van der Waals surface area contributed by atoms with Gasteiger partial charge in [-0.1, -0.05) is 24.3 Å². The third kappa shape index (κ3) is 3.29. The molecule has 0 fully saturated rings. The molecule has 1 aliphatic heterocycles. The van der Waals surface area contributed by atoms with Crippen LogP contribution in [0.25, 0.3) is 21.5 Å². The van der Waals surface area contributed by atoms with Crippen LogP contribution >= 0.6 is 11.3 Å². The van der Waals surface area contributed by atoms with Crippen LogP contribution < -0.4 is 15.4 Å². The summed E-state index contributed by atoms with van der Waals surface area (Å²) in [7, 11) is 0. The normalized spacial score (nSPS) is 15.2. The van der Waals surface area contributed by atoms with Gasteiger partial charge in [-0.05, 0) is 48.7 Å². The van der Waals surface area contributed by atoms with E-state index in [1.54, 1.807) is 36.5 Å². The molecule has 2 amide bonds. The largest absolute Gasteiger partial charge is 0.479 e. The molecule has 2 aromatic carbocycles. The van der Waals surface area contributed by atoms with E-state index < -0.39 is 6.10 Å². The van der Waals surface area contributed by atoms with Crippen LogP contribution in [0.15, 0.2) is 66.0 Å². The van der Waals surface area contributed by atoms with E-state index in [-0.39, 0.29) is 11.8 Å². The van der Waals surface area contributed by atoms with Gasteiger partial charge in [-0.15, -0.1) is 11.3 Å². The first-order valence-corrected chi connectivity index (χ1v) is 10.3. The molecule has 5 rings (SSSR count). The number of ether oxygens (including phenoxy) is 1. The Morgan fingerprint density at radius 2 is 2.00 bits per heavy atom. The van der Waals surface area contributed by atoms with Gasteiger partial charge in [0.15, 0.2) is 6.10 Å². The number of carbonyl (C=O) groups is 2. The smallest absolute Gasteiger partial charge is 0.265 e. The monoisotopic (exact) mass is 415 g/mol. The van der Waals surface area contributed by atoms with Crippen LogP contribution in [0.1, 0.15) is 17.3 Å². The lowest BCUT2D eigenvalue weighted by Crippen LogP contribution is -2.34. The fourth-order valence-electron chi connectivity index (χ4n) is 3.40. The van der Waals surface area contributed by atoms with Crippen LogP contribution in [0.3, 0.4) is 0 Å². The number of thiophene rings is 1. The lowest BCUT2D eigenvalue weighted by atomic mass is 10.1. The SMILES string of the molecule is CC1Oc2ccc(NC(=O)c3cc(-c4cccs4)nc4ccccc34)cc2NC1=O. The summed E-state index contributed by atoms with van der Waals surface area (Å²) < 4.78 is 5.57. The van der Waals surface area contributed by atoms with Gasteiger partial charge in [0.25, 0.3) is 11.8 Å². The van der Waals surface area contributed by atoms with Crippen molar-refractivity contribution in [1.29, 1.82) is 0 Å². The minimum atomic E-state index is -0.545. The van der Waals surface area contributed by atoms with Gasteiger partial charge < -0.3 is 15.4 Å². The van der Waals surface area contributed by atoms with E-state index in [4.69, 9.17) is 9.72 Å². The fraction of sp³-hybridized carbons (Fsp3) is 0.0870. The average molecular weight is 415 g/mol. The third-order valence-corrected chi connectivity index (χ3v) is 5.80. The lowest BCUT2D eigenvalue weighted by molar-refractivity contribution is -0.122. The van der Waals surface area contributed by atoms with E-state index in [0.717, 1.165) is 21.5 Å². The maximum absolute atomic E-state index is 13.2. The molecule has 4 aromatic rings. The Kier molecular flexibility index (Phi) is 4.44. The molecule has 148 valence electrons. The molecule has 7 heteroatoms. The van der Waals surface area contributed by atoms with Gasteiger partial charge in [-0.25, -0.2) is 4.98 Å². The van der Waals surface area contributed by atoms with Crippen LogP contribution in [0.2, 0.25) is 0 Å². The number of para-hydroxylation sites is 1. The molecule has 0 spiro atoms. The predicted octanol–water partition coefficient (Wildman–Crippen LogP) is 4.94. The van der Waals surface area contributed by atoms with Crippen molar-refractivity contribution in [2.45, 2.75) is 13.0 Å². The first kappa shape index (κ1) is 18.3. The number of fused-ring (bicyclic) bond motifs is 2. The number of hydrogen-bond donors (Lipinski definition) is 2. The summed E-state index contributed by atoms with van der Waals surface area (Å²) in [6, 6.07) is 18.5. The Morgan fingerprint density at radius 1 is 1.13 bits per heavy atom. The third-order valence-electron chi connectivity index (χ3n) is 4.90. The molecule has 2 aromatic heterocycles. The number of aromatic nitrogens is 1. The molecule has 30 heavy (non-hydrogen) atoms. The van der Waals surface area contributed by atoms with Crippen LogP contribution in [0.5, 0.6) is 5.75 Å². The number of anilines is 2. The van der Waals surface area contributed by atoms with E-state index in [1.165, 1.54) is 0 Å². The highest BCUT2D eigenvalue weighted by atomic mass is 32.1. The van der Waals surface area contributed by atoms with Crippen molar-refractivity contribution in [3.05, 3.63) is 71.6 Å². The number of rotatable bonds is 3. The van der Waals surface area contributed by atoms with Gasteiger partial charge in [-0.2, -0.15) is 0 Å². The molecule has 1 aliphatic rings. The summed E-state index contributed by atoms with van der Waals surface area (Å²) in [5, 5.41) is 8.48. The second-order valence-electron chi connectivity index (χ2n) is 6.96. The maximum atomic E-state index is 13.2. The molecule has 0 bridgehead atoms. The summed E-state index contributed by atoms with van der Waals surface area (Å²) in [5.74, 6) is 0.115. The van der Waals surface area contributed by atoms with Gasteiger partial charge in [-0.3, -0.25) is 9.59 Å². The fourth-order valence-corrected chi connectivity index (χ4v) is 4.08. The summed E-state index contributed by atoms with van der Waals surface area (Å²) in [5.41, 5.74) is 3.16. The molecule has 0 radical (unpaired) electrons.